The van der Waals surface area contributed by atoms with Crippen LogP contribution in [0.5, 0.6) is 0 Å². The molecular weight excluding hydrogens is 237 g/mol. The van der Waals surface area contributed by atoms with Gasteiger partial charge in [-0.3, -0.25) is 0 Å². The van der Waals surface area contributed by atoms with Crippen molar-refractivity contribution in [3.63, 3.8) is 0 Å². The molecule has 62 valence electrons. The van der Waals surface area contributed by atoms with Gasteiger partial charge in [0.25, 0.3) is 0 Å². The summed E-state index contributed by atoms with van der Waals surface area (Å²) in [7, 11) is -4.50. The van der Waals surface area contributed by atoms with Crippen molar-refractivity contribution in [1.29, 1.82) is 0 Å². The van der Waals surface area contributed by atoms with Crippen molar-refractivity contribution in [3.05, 3.63) is 0 Å². The minimum absolute atomic E-state index is 0. The van der Waals surface area contributed by atoms with E-state index in [-0.39, 0.29) is 109 Å². The first-order valence-electron chi connectivity index (χ1n) is 2.75. The van der Waals surface area contributed by atoms with Crippen LogP contribution < -0.4 is 113 Å². The summed E-state index contributed by atoms with van der Waals surface area (Å²) in [5.74, 6) is 0. The molecule has 0 aromatic rings. The van der Waals surface area contributed by atoms with Gasteiger partial charge in [0, 0.05) is 0 Å². The Morgan fingerprint density at radius 2 is 1.75 bits per heavy atom. The average Bonchev–Trinajstić information content (AvgIpc) is 1.81. The van der Waals surface area contributed by atoms with E-state index >= 15 is 0 Å². The molecule has 0 radical (unpaired) electrons. The van der Waals surface area contributed by atoms with E-state index in [0.29, 0.717) is 0 Å². The zero-order valence-electron chi connectivity index (χ0n) is 7.27. The summed E-state index contributed by atoms with van der Waals surface area (Å²) in [5, 5.41) is 16.8. The minimum atomic E-state index is -4.50. The SMILES string of the molecule is O=P([O-])([O-])CCC(O)CO.[K+].[K+]. The van der Waals surface area contributed by atoms with Crippen LogP contribution in [0.4, 0.5) is 0 Å². The fourth-order valence-electron chi connectivity index (χ4n) is 0.398. The van der Waals surface area contributed by atoms with E-state index in [1.54, 1.807) is 0 Å². The van der Waals surface area contributed by atoms with Crippen LogP contribution in [0.15, 0.2) is 0 Å². The Morgan fingerprint density at radius 1 is 1.33 bits per heavy atom. The van der Waals surface area contributed by atoms with Gasteiger partial charge in [0.15, 0.2) is 0 Å². The summed E-state index contributed by atoms with van der Waals surface area (Å²) in [5.41, 5.74) is 0. The van der Waals surface area contributed by atoms with Crippen LogP contribution in [0.1, 0.15) is 6.42 Å². The van der Waals surface area contributed by atoms with Gasteiger partial charge in [0.2, 0.25) is 0 Å². The Hall–Kier alpha value is 3.34. The first-order valence-corrected chi connectivity index (χ1v) is 4.48. The fourth-order valence-corrected chi connectivity index (χ4v) is 1.01. The molecule has 0 spiro atoms. The van der Waals surface area contributed by atoms with Crippen molar-refractivity contribution in [2.24, 2.45) is 0 Å². The quantitative estimate of drug-likeness (QED) is 0.379. The van der Waals surface area contributed by atoms with Gasteiger partial charge in [-0.15, -0.1) is 0 Å². The molecule has 1 unspecified atom stereocenters. The molecule has 2 N–H and O–H groups in total. The number of aliphatic hydroxyl groups excluding tert-OH is 2. The maximum absolute atomic E-state index is 9.93. The molecule has 8 heteroatoms. The third-order valence-corrected chi connectivity index (χ3v) is 1.75. The molecule has 0 heterocycles. The molecule has 0 aliphatic carbocycles. The van der Waals surface area contributed by atoms with Gasteiger partial charge < -0.3 is 24.6 Å². The topological polar surface area (TPSA) is 104 Å². The second-order valence-electron chi connectivity index (χ2n) is 1.96. The first kappa shape index (κ1) is 20.7. The van der Waals surface area contributed by atoms with Gasteiger partial charge in [-0.2, -0.15) is 0 Å². The maximum atomic E-state index is 9.93. The Labute approximate surface area is 156 Å². The maximum Gasteiger partial charge on any atom is 1.00 e. The molecule has 0 bridgehead atoms. The van der Waals surface area contributed by atoms with E-state index in [1.165, 1.54) is 0 Å². The second-order valence-corrected chi connectivity index (χ2v) is 3.63. The van der Waals surface area contributed by atoms with Crippen molar-refractivity contribution in [3.8, 4) is 0 Å². The monoisotopic (exact) mass is 246 g/mol. The second kappa shape index (κ2) is 10.8. The predicted octanol–water partition coefficient (Wildman–Crippen LogP) is -8.35. The largest absolute Gasteiger partial charge is 1.00 e. The van der Waals surface area contributed by atoms with Crippen LogP contribution in [-0.2, 0) is 4.57 Å². The molecule has 0 fully saturated rings. The average molecular weight is 246 g/mol. The van der Waals surface area contributed by atoms with Gasteiger partial charge in [-0.25, -0.2) is 0 Å². The van der Waals surface area contributed by atoms with E-state index in [4.69, 9.17) is 10.2 Å². The van der Waals surface area contributed by atoms with Crippen molar-refractivity contribution < 1.29 is 127 Å². The molecule has 0 aromatic carbocycles. The molecule has 0 amide bonds. The van der Waals surface area contributed by atoms with Gasteiger partial charge in [-0.1, -0.05) is 7.60 Å². The zero-order chi connectivity index (χ0) is 8.20. The third-order valence-electron chi connectivity index (χ3n) is 0.947. The molecule has 0 rings (SSSR count). The summed E-state index contributed by atoms with van der Waals surface area (Å²) in [6.45, 7) is -0.514. The normalized spacial score (nSPS) is 12.7. The van der Waals surface area contributed by atoms with Crippen LogP contribution in [0, 0.1) is 0 Å². The van der Waals surface area contributed by atoms with Gasteiger partial charge >= 0.3 is 103 Å². The number of rotatable bonds is 4. The number of hydrogen-bond donors (Lipinski definition) is 2. The molecule has 0 saturated heterocycles. The van der Waals surface area contributed by atoms with E-state index in [1.807, 2.05) is 0 Å². The molecular formula is C4H9K2O5P. The molecule has 12 heavy (non-hydrogen) atoms. The van der Waals surface area contributed by atoms with E-state index < -0.39 is 26.5 Å². The Kier molecular flexibility index (Phi) is 18.7. The van der Waals surface area contributed by atoms with Crippen molar-refractivity contribution in [1.82, 2.24) is 0 Å². The van der Waals surface area contributed by atoms with Crippen LogP contribution in [0.2, 0.25) is 0 Å². The number of hydrogen-bond acceptors (Lipinski definition) is 5. The summed E-state index contributed by atoms with van der Waals surface area (Å²) in [6, 6.07) is 0. The standard InChI is InChI=1S/C4H11O5P.2K/c5-3-4(6)1-2-10(7,8)9;;/h4-6H,1-3H2,(H2,7,8,9);;/q;2*+1/p-2. The van der Waals surface area contributed by atoms with Crippen LogP contribution in [0.3, 0.4) is 0 Å². The van der Waals surface area contributed by atoms with Gasteiger partial charge in [0.1, 0.15) is 0 Å². The van der Waals surface area contributed by atoms with Crippen LogP contribution >= 0.6 is 7.60 Å². The third kappa shape index (κ3) is 15.8. The van der Waals surface area contributed by atoms with E-state index in [9.17, 15) is 14.4 Å². The molecule has 1 atom stereocenters. The Bertz CT molecular complexity index is 137. The molecule has 0 saturated carbocycles. The van der Waals surface area contributed by atoms with Crippen molar-refractivity contribution in [2.45, 2.75) is 12.5 Å². The van der Waals surface area contributed by atoms with E-state index in [0.717, 1.165) is 0 Å². The summed E-state index contributed by atoms with van der Waals surface area (Å²) < 4.78 is 9.93. The van der Waals surface area contributed by atoms with Gasteiger partial charge in [0.05, 0.1) is 12.7 Å². The molecule has 5 nitrogen and oxygen atoms in total. The Balaban J connectivity index is -0.000000405. The van der Waals surface area contributed by atoms with E-state index in [2.05, 4.69) is 0 Å². The smallest absolute Gasteiger partial charge is 0.811 e. The molecule has 0 aromatic heterocycles. The van der Waals surface area contributed by atoms with Crippen molar-refractivity contribution >= 4 is 7.60 Å². The fraction of sp³-hybridized carbons (Fsp3) is 1.00. The number of aliphatic hydroxyl groups is 2. The molecule has 0 aliphatic rings. The zero-order valence-corrected chi connectivity index (χ0v) is 14.4. The summed E-state index contributed by atoms with van der Waals surface area (Å²) >= 11 is 0. The molecule has 0 aliphatic heterocycles. The summed E-state index contributed by atoms with van der Waals surface area (Å²) in [6.07, 6.45) is -1.90. The van der Waals surface area contributed by atoms with Crippen molar-refractivity contribution in [2.75, 3.05) is 12.8 Å². The minimum Gasteiger partial charge on any atom is -0.811 e. The first-order chi connectivity index (χ1) is 4.45. The van der Waals surface area contributed by atoms with Crippen LogP contribution in [0.25, 0.3) is 0 Å². The predicted molar refractivity (Wildman–Crippen MR) is 30.2 cm³/mol. The van der Waals surface area contributed by atoms with Gasteiger partial charge in [-0.05, 0) is 12.6 Å². The Morgan fingerprint density at radius 3 is 2.00 bits per heavy atom. The van der Waals surface area contributed by atoms with Crippen LogP contribution in [-0.4, -0.2) is 29.1 Å². The summed E-state index contributed by atoms with van der Waals surface area (Å²) in [4.78, 5) is 19.9.